The van der Waals surface area contributed by atoms with Crippen LogP contribution in [0.2, 0.25) is 0 Å². The Kier molecular flexibility index (Phi) is 3.71. The molecule has 0 aliphatic heterocycles. The Bertz CT molecular complexity index is 408. The van der Waals surface area contributed by atoms with E-state index in [2.05, 4.69) is 61.5 Å². The first-order valence-corrected chi connectivity index (χ1v) is 7.98. The lowest BCUT2D eigenvalue weighted by atomic mass is 10.2. The zero-order chi connectivity index (χ0) is 10.5. The summed E-state index contributed by atoms with van der Waals surface area (Å²) in [5.74, 6) is 0. The molecule has 0 aliphatic carbocycles. The molecule has 0 saturated carbocycles. The molecule has 2 radical (unpaired) electrons. The molecule has 74 valence electrons. The molecule has 0 heterocycles. The van der Waals surface area contributed by atoms with Crippen LogP contribution in [-0.4, -0.2) is 9.19 Å². The van der Waals surface area contributed by atoms with E-state index in [0.717, 1.165) is 17.3 Å². The molecule has 1 atom stereocenters. The second-order valence-electron chi connectivity index (χ2n) is 3.48. The van der Waals surface area contributed by atoms with E-state index >= 15 is 0 Å². The Hall–Kier alpha value is -0.913. The molecular formula is C13H13PSi. The lowest BCUT2D eigenvalue weighted by molar-refractivity contribution is 1.49. The first-order valence-electron chi connectivity index (χ1n) is 4.98. The van der Waals surface area contributed by atoms with Gasteiger partial charge in [0.25, 0.3) is 0 Å². The van der Waals surface area contributed by atoms with Gasteiger partial charge in [-0.05, 0) is 12.2 Å². The van der Waals surface area contributed by atoms with Crippen LogP contribution in [0, 0.1) is 6.92 Å². The molecule has 0 N–H and O–H groups in total. The number of rotatable bonds is 3. The van der Waals surface area contributed by atoms with Crippen LogP contribution in [0.5, 0.6) is 0 Å². The third-order valence-electron chi connectivity index (χ3n) is 2.18. The SMILES string of the molecule is Cc1ccc([Si]Pc2ccccc2)cc1. The van der Waals surface area contributed by atoms with Crippen molar-refractivity contribution in [2.45, 2.75) is 6.92 Å². The average molecular weight is 228 g/mol. The fourth-order valence-corrected chi connectivity index (χ4v) is 4.15. The molecule has 2 aromatic rings. The van der Waals surface area contributed by atoms with Crippen molar-refractivity contribution in [3.63, 3.8) is 0 Å². The third-order valence-corrected chi connectivity index (χ3v) is 5.65. The minimum Gasteiger partial charge on any atom is -0.101 e. The van der Waals surface area contributed by atoms with Gasteiger partial charge in [-0.1, -0.05) is 65.3 Å². The fraction of sp³-hybridized carbons (Fsp3) is 0.0769. The molecule has 15 heavy (non-hydrogen) atoms. The molecule has 0 fully saturated rings. The van der Waals surface area contributed by atoms with Gasteiger partial charge < -0.3 is 0 Å². The highest BCUT2D eigenvalue weighted by molar-refractivity contribution is 7.79. The van der Waals surface area contributed by atoms with E-state index < -0.39 is 0 Å². The second-order valence-corrected chi connectivity index (χ2v) is 6.64. The van der Waals surface area contributed by atoms with Gasteiger partial charge in [0.15, 0.2) is 0 Å². The highest BCUT2D eigenvalue weighted by atomic mass is 31.3. The summed E-state index contributed by atoms with van der Waals surface area (Å²) in [6.45, 7) is 2.13. The van der Waals surface area contributed by atoms with Crippen molar-refractivity contribution in [1.29, 1.82) is 0 Å². The Labute approximate surface area is 95.2 Å². The number of hydrogen-bond donors (Lipinski definition) is 0. The predicted molar refractivity (Wildman–Crippen MR) is 71.0 cm³/mol. The van der Waals surface area contributed by atoms with E-state index in [4.69, 9.17) is 0 Å². The Balaban J connectivity index is 1.96. The Morgan fingerprint density at radius 1 is 0.867 bits per heavy atom. The standard InChI is InChI=1S/C13H13PSi/c1-11-7-9-13(10-8-11)15-14-12-5-3-2-4-6-12/h2-10,14H,1H3. The van der Waals surface area contributed by atoms with Gasteiger partial charge in [0, 0.05) is 0 Å². The van der Waals surface area contributed by atoms with E-state index in [1.807, 2.05) is 0 Å². The summed E-state index contributed by atoms with van der Waals surface area (Å²) in [4.78, 5) is 0. The fourth-order valence-electron chi connectivity index (χ4n) is 1.30. The van der Waals surface area contributed by atoms with Gasteiger partial charge in [0.1, 0.15) is 9.19 Å². The van der Waals surface area contributed by atoms with Crippen LogP contribution >= 0.6 is 8.13 Å². The quantitative estimate of drug-likeness (QED) is 0.558. The molecule has 2 heteroatoms. The summed E-state index contributed by atoms with van der Waals surface area (Å²) >= 11 is 0. The van der Waals surface area contributed by atoms with Crippen molar-refractivity contribution < 1.29 is 0 Å². The molecule has 1 unspecified atom stereocenters. The molecule has 0 aromatic heterocycles. The van der Waals surface area contributed by atoms with Gasteiger partial charge in [-0.2, -0.15) is 0 Å². The smallest absolute Gasteiger partial charge is 0.101 e. The predicted octanol–water partition coefficient (Wildman–Crippen LogP) is 2.24. The largest absolute Gasteiger partial charge is 0.117 e. The van der Waals surface area contributed by atoms with E-state index in [9.17, 15) is 0 Å². The average Bonchev–Trinajstić information content (AvgIpc) is 2.30. The summed E-state index contributed by atoms with van der Waals surface area (Å²) in [6, 6.07) is 19.6. The van der Waals surface area contributed by atoms with Gasteiger partial charge >= 0.3 is 0 Å². The molecule has 0 bridgehead atoms. The van der Waals surface area contributed by atoms with E-state index in [1.54, 1.807) is 0 Å². The van der Waals surface area contributed by atoms with Crippen LogP contribution in [0.15, 0.2) is 54.6 Å². The minimum absolute atomic E-state index is 0.906. The Morgan fingerprint density at radius 2 is 1.53 bits per heavy atom. The summed E-state index contributed by atoms with van der Waals surface area (Å²) in [6.07, 6.45) is 0. The van der Waals surface area contributed by atoms with Gasteiger partial charge in [0.2, 0.25) is 0 Å². The van der Waals surface area contributed by atoms with Crippen LogP contribution < -0.4 is 10.5 Å². The molecule has 2 aromatic carbocycles. The van der Waals surface area contributed by atoms with Crippen LogP contribution in [0.3, 0.4) is 0 Å². The van der Waals surface area contributed by atoms with E-state index in [0.29, 0.717) is 0 Å². The maximum atomic E-state index is 2.24. The molecule has 0 nitrogen and oxygen atoms in total. The molecule has 0 spiro atoms. The maximum Gasteiger partial charge on any atom is 0.117 e. The van der Waals surface area contributed by atoms with E-state index in [1.165, 1.54) is 16.1 Å². The maximum absolute atomic E-state index is 2.24. The van der Waals surface area contributed by atoms with Gasteiger partial charge in [0.05, 0.1) is 0 Å². The molecule has 2 rings (SSSR count). The van der Waals surface area contributed by atoms with Crippen LogP contribution in [0.1, 0.15) is 5.56 Å². The van der Waals surface area contributed by atoms with Crippen LogP contribution in [0.4, 0.5) is 0 Å². The van der Waals surface area contributed by atoms with Gasteiger partial charge in [-0.3, -0.25) is 0 Å². The molecule has 0 amide bonds. The van der Waals surface area contributed by atoms with Crippen molar-refractivity contribution in [2.75, 3.05) is 0 Å². The third kappa shape index (κ3) is 3.30. The lowest BCUT2D eigenvalue weighted by Crippen LogP contribution is -2.11. The topological polar surface area (TPSA) is 0 Å². The zero-order valence-corrected chi connectivity index (χ0v) is 10.7. The van der Waals surface area contributed by atoms with Crippen LogP contribution in [-0.2, 0) is 0 Å². The monoisotopic (exact) mass is 228 g/mol. The van der Waals surface area contributed by atoms with Gasteiger partial charge in [-0.15, -0.1) is 8.13 Å². The lowest BCUT2D eigenvalue weighted by Gasteiger charge is -2.01. The summed E-state index contributed by atoms with van der Waals surface area (Å²) in [5.41, 5.74) is 1.34. The van der Waals surface area contributed by atoms with Crippen molar-refractivity contribution in [2.24, 2.45) is 0 Å². The van der Waals surface area contributed by atoms with E-state index in [-0.39, 0.29) is 0 Å². The second kappa shape index (κ2) is 5.25. The highest BCUT2D eigenvalue weighted by Gasteiger charge is 1.96. The highest BCUT2D eigenvalue weighted by Crippen LogP contribution is 2.06. The zero-order valence-electron chi connectivity index (χ0n) is 8.70. The van der Waals surface area contributed by atoms with Crippen molar-refractivity contribution in [3.05, 3.63) is 60.2 Å². The minimum atomic E-state index is 0.906. The number of benzene rings is 2. The van der Waals surface area contributed by atoms with Gasteiger partial charge in [-0.25, -0.2) is 0 Å². The van der Waals surface area contributed by atoms with Crippen molar-refractivity contribution in [1.82, 2.24) is 0 Å². The Morgan fingerprint density at radius 3 is 2.20 bits per heavy atom. The van der Waals surface area contributed by atoms with Crippen molar-refractivity contribution in [3.8, 4) is 0 Å². The van der Waals surface area contributed by atoms with Crippen molar-refractivity contribution >= 4 is 27.8 Å². The van der Waals surface area contributed by atoms with Crippen LogP contribution in [0.25, 0.3) is 0 Å². The normalized spacial score (nSPS) is 11.0. The summed E-state index contributed by atoms with van der Waals surface area (Å²) in [7, 11) is 1.81. The molecule has 0 saturated heterocycles. The molecular weight excluding hydrogens is 215 g/mol. The summed E-state index contributed by atoms with van der Waals surface area (Å²) in [5, 5.41) is 2.92. The number of hydrogen-bond acceptors (Lipinski definition) is 0. The molecule has 0 aliphatic rings. The number of aryl methyl sites for hydroxylation is 1. The first kappa shape index (κ1) is 10.6. The first-order chi connectivity index (χ1) is 7.34. The summed E-state index contributed by atoms with van der Waals surface area (Å²) < 4.78 is 0.